The fourth-order valence-corrected chi connectivity index (χ4v) is 8.15. The van der Waals surface area contributed by atoms with Crippen LogP contribution in [-0.2, 0) is 0 Å². The van der Waals surface area contributed by atoms with Crippen molar-refractivity contribution in [2.45, 2.75) is 90.1 Å². The van der Waals surface area contributed by atoms with Gasteiger partial charge in [0.1, 0.15) is 5.75 Å². The molecular weight excluding hydrogens is 428 g/mol. The Balaban J connectivity index is 1.07. The van der Waals surface area contributed by atoms with Gasteiger partial charge in [0.15, 0.2) is 11.6 Å². The first-order valence-electron chi connectivity index (χ1n) is 13.3. The molecule has 1 aromatic rings. The van der Waals surface area contributed by atoms with Crippen LogP contribution in [0.4, 0.5) is 17.6 Å². The molecule has 0 spiro atoms. The number of ether oxygens (including phenoxy) is 1. The summed E-state index contributed by atoms with van der Waals surface area (Å²) in [6.07, 6.45) is 10.2. The zero-order valence-corrected chi connectivity index (χ0v) is 19.8. The standard InChI is InChI=1S/C28H38F4O/c1-17-12-21-14-23(15-22(21)13-17)20-4-2-18(3-5-20)19-6-8-24(9-7-19)28(31,32)33-25-10-11-26(29)27(30)16-25/h10-11,16-24H,2-9,12-15H2,1H3. The van der Waals surface area contributed by atoms with E-state index < -0.39 is 23.7 Å². The lowest BCUT2D eigenvalue weighted by atomic mass is 9.67. The fourth-order valence-electron chi connectivity index (χ4n) is 8.15. The molecule has 5 heteroatoms. The van der Waals surface area contributed by atoms with Crippen LogP contribution >= 0.6 is 0 Å². The van der Waals surface area contributed by atoms with Crippen LogP contribution in [0.5, 0.6) is 5.75 Å². The van der Waals surface area contributed by atoms with E-state index in [0.717, 1.165) is 54.6 Å². The van der Waals surface area contributed by atoms with Gasteiger partial charge in [0.2, 0.25) is 0 Å². The lowest BCUT2D eigenvalue weighted by Crippen LogP contribution is -2.38. The van der Waals surface area contributed by atoms with E-state index in [2.05, 4.69) is 6.92 Å². The minimum atomic E-state index is -3.36. The minimum Gasteiger partial charge on any atom is -0.432 e. The lowest BCUT2D eigenvalue weighted by molar-refractivity contribution is -0.224. The average molecular weight is 467 g/mol. The summed E-state index contributed by atoms with van der Waals surface area (Å²) < 4.78 is 60.7. The van der Waals surface area contributed by atoms with E-state index in [1.807, 2.05) is 0 Å². The number of fused-ring (bicyclic) bond motifs is 1. The molecule has 5 rings (SSSR count). The van der Waals surface area contributed by atoms with Crippen molar-refractivity contribution in [3.8, 4) is 5.75 Å². The molecule has 1 nitrogen and oxygen atoms in total. The van der Waals surface area contributed by atoms with Crippen molar-refractivity contribution in [2.24, 2.45) is 47.3 Å². The van der Waals surface area contributed by atoms with Crippen LogP contribution in [0.2, 0.25) is 0 Å². The van der Waals surface area contributed by atoms with Crippen LogP contribution in [0.3, 0.4) is 0 Å². The molecule has 0 heterocycles. The smallest absolute Gasteiger partial charge is 0.400 e. The second kappa shape index (κ2) is 9.41. The van der Waals surface area contributed by atoms with Gasteiger partial charge in [-0.15, -0.1) is 0 Å². The Kier molecular flexibility index (Phi) is 6.70. The molecule has 2 atom stereocenters. The fraction of sp³-hybridized carbons (Fsp3) is 0.786. The molecule has 4 aliphatic rings. The van der Waals surface area contributed by atoms with Crippen molar-refractivity contribution >= 4 is 0 Å². The molecule has 0 bridgehead atoms. The molecule has 184 valence electrons. The zero-order valence-electron chi connectivity index (χ0n) is 19.8. The van der Waals surface area contributed by atoms with E-state index >= 15 is 0 Å². The van der Waals surface area contributed by atoms with Gasteiger partial charge >= 0.3 is 6.11 Å². The number of halogens is 4. The third-order valence-electron chi connectivity index (χ3n) is 9.83. The predicted molar refractivity (Wildman–Crippen MR) is 121 cm³/mol. The van der Waals surface area contributed by atoms with Crippen LogP contribution in [0.1, 0.15) is 84.0 Å². The van der Waals surface area contributed by atoms with Gasteiger partial charge < -0.3 is 4.74 Å². The van der Waals surface area contributed by atoms with E-state index in [0.29, 0.717) is 30.7 Å². The van der Waals surface area contributed by atoms with Gasteiger partial charge in [0, 0.05) is 6.07 Å². The second-order valence-corrected chi connectivity index (χ2v) is 11.9. The Morgan fingerprint density at radius 1 is 0.667 bits per heavy atom. The summed E-state index contributed by atoms with van der Waals surface area (Å²) in [7, 11) is 0. The summed E-state index contributed by atoms with van der Waals surface area (Å²) >= 11 is 0. The zero-order chi connectivity index (χ0) is 23.2. The quantitative estimate of drug-likeness (QED) is 0.395. The highest BCUT2D eigenvalue weighted by atomic mass is 19.3. The number of hydrogen-bond acceptors (Lipinski definition) is 1. The van der Waals surface area contributed by atoms with Crippen molar-refractivity contribution in [1.82, 2.24) is 0 Å². The first kappa shape index (κ1) is 23.5. The molecule has 0 N–H and O–H groups in total. The van der Waals surface area contributed by atoms with Crippen molar-refractivity contribution in [3.63, 3.8) is 0 Å². The van der Waals surface area contributed by atoms with Gasteiger partial charge in [-0.2, -0.15) is 8.78 Å². The minimum absolute atomic E-state index is 0.315. The Bertz CT molecular complexity index is 796. The highest BCUT2D eigenvalue weighted by Gasteiger charge is 2.46. The summed E-state index contributed by atoms with van der Waals surface area (Å²) in [4.78, 5) is 0. The van der Waals surface area contributed by atoms with Gasteiger partial charge in [0.25, 0.3) is 0 Å². The van der Waals surface area contributed by atoms with Crippen LogP contribution in [0.15, 0.2) is 18.2 Å². The van der Waals surface area contributed by atoms with Gasteiger partial charge in [-0.05, 0) is 131 Å². The van der Waals surface area contributed by atoms with Crippen molar-refractivity contribution in [1.29, 1.82) is 0 Å². The van der Waals surface area contributed by atoms with Crippen molar-refractivity contribution < 1.29 is 22.3 Å². The maximum absolute atomic E-state index is 14.7. The molecule has 1 aromatic carbocycles. The molecule has 0 aliphatic heterocycles. The van der Waals surface area contributed by atoms with Crippen LogP contribution < -0.4 is 4.74 Å². The summed E-state index contributed by atoms with van der Waals surface area (Å²) in [5.41, 5.74) is 0. The van der Waals surface area contributed by atoms with Crippen molar-refractivity contribution in [3.05, 3.63) is 29.8 Å². The van der Waals surface area contributed by atoms with Crippen molar-refractivity contribution in [2.75, 3.05) is 0 Å². The van der Waals surface area contributed by atoms with Gasteiger partial charge in [-0.3, -0.25) is 0 Å². The lowest BCUT2D eigenvalue weighted by Gasteiger charge is -2.40. The summed E-state index contributed by atoms with van der Waals surface area (Å²) in [6, 6.07) is 2.59. The van der Waals surface area contributed by atoms with E-state index in [9.17, 15) is 17.6 Å². The highest BCUT2D eigenvalue weighted by molar-refractivity contribution is 5.24. The Morgan fingerprint density at radius 3 is 1.70 bits per heavy atom. The molecule has 2 unspecified atom stereocenters. The highest BCUT2D eigenvalue weighted by Crippen LogP contribution is 2.54. The number of rotatable bonds is 5. The molecule has 0 saturated heterocycles. The SMILES string of the molecule is CC1CC2CC(C3CCC(C4CCC(C(F)(F)Oc5ccc(F)c(F)c5)CC4)CC3)CC2C1. The number of hydrogen-bond donors (Lipinski definition) is 0. The summed E-state index contributed by atoms with van der Waals surface area (Å²) in [5.74, 6) is 2.58. The molecule has 0 aromatic heterocycles. The number of benzene rings is 1. The number of alkyl halides is 2. The van der Waals surface area contributed by atoms with E-state index in [1.165, 1.54) is 51.4 Å². The van der Waals surface area contributed by atoms with E-state index in [4.69, 9.17) is 4.74 Å². The monoisotopic (exact) mass is 466 g/mol. The molecule has 4 fully saturated rings. The first-order valence-corrected chi connectivity index (χ1v) is 13.3. The third-order valence-corrected chi connectivity index (χ3v) is 9.83. The summed E-state index contributed by atoms with van der Waals surface area (Å²) in [5, 5.41) is 0. The van der Waals surface area contributed by atoms with Crippen LogP contribution in [0, 0.1) is 59.0 Å². The Labute approximate surface area is 195 Å². The predicted octanol–water partition coefficient (Wildman–Crippen LogP) is 8.62. The maximum atomic E-state index is 14.7. The topological polar surface area (TPSA) is 9.23 Å². The Hall–Kier alpha value is -1.26. The first-order chi connectivity index (χ1) is 15.8. The summed E-state index contributed by atoms with van der Waals surface area (Å²) in [6.45, 7) is 2.41. The molecule has 0 amide bonds. The van der Waals surface area contributed by atoms with Crippen LogP contribution in [-0.4, -0.2) is 6.11 Å². The molecular formula is C28H38F4O. The van der Waals surface area contributed by atoms with E-state index in [-0.39, 0.29) is 5.75 Å². The average Bonchev–Trinajstić information content (AvgIpc) is 3.34. The van der Waals surface area contributed by atoms with Gasteiger partial charge in [-0.25, -0.2) is 8.78 Å². The largest absolute Gasteiger partial charge is 0.432 e. The molecule has 0 radical (unpaired) electrons. The van der Waals surface area contributed by atoms with E-state index in [1.54, 1.807) is 0 Å². The molecule has 4 saturated carbocycles. The third kappa shape index (κ3) is 5.07. The van der Waals surface area contributed by atoms with Gasteiger partial charge in [0.05, 0.1) is 5.92 Å². The normalized spacial score (nSPS) is 39.4. The van der Waals surface area contributed by atoms with Gasteiger partial charge in [-0.1, -0.05) is 6.92 Å². The van der Waals surface area contributed by atoms with Crippen LogP contribution in [0.25, 0.3) is 0 Å². The molecule has 33 heavy (non-hydrogen) atoms. The molecule has 4 aliphatic carbocycles. The second-order valence-electron chi connectivity index (χ2n) is 11.9. The Morgan fingerprint density at radius 2 is 1.15 bits per heavy atom. The maximum Gasteiger partial charge on any atom is 0.400 e.